The second-order valence-corrected chi connectivity index (χ2v) is 7.12. The molecule has 108 valence electrons. The summed E-state index contributed by atoms with van der Waals surface area (Å²) in [5.74, 6) is 1.02. The number of benzene rings is 1. The molecule has 1 aromatic rings. The smallest absolute Gasteiger partial charge is 0.123 e. The van der Waals surface area contributed by atoms with Crippen molar-refractivity contribution in [2.45, 2.75) is 58.9 Å². The van der Waals surface area contributed by atoms with E-state index in [2.05, 4.69) is 65.1 Å². The van der Waals surface area contributed by atoms with Crippen molar-refractivity contribution in [2.75, 3.05) is 13.2 Å². The summed E-state index contributed by atoms with van der Waals surface area (Å²) in [4.78, 5) is 0. The third-order valence-corrected chi connectivity index (χ3v) is 2.93. The Hall–Kier alpha value is -1.02. The summed E-state index contributed by atoms with van der Waals surface area (Å²) in [6, 6.07) is 8.34. The van der Waals surface area contributed by atoms with Gasteiger partial charge in [-0.1, -0.05) is 39.0 Å². The Morgan fingerprint density at radius 1 is 1.00 bits per heavy atom. The molecule has 0 saturated heterocycles. The molecule has 0 bridgehead atoms. The normalized spacial score (nSPS) is 12.5. The SMILES string of the molecule is CC(C)(C)NCCCOc1ccccc1C(C)(C)C. The van der Waals surface area contributed by atoms with Gasteiger partial charge in [-0.2, -0.15) is 0 Å². The van der Waals surface area contributed by atoms with Gasteiger partial charge >= 0.3 is 0 Å². The van der Waals surface area contributed by atoms with Crippen LogP contribution in [0.5, 0.6) is 5.75 Å². The maximum Gasteiger partial charge on any atom is 0.123 e. The summed E-state index contributed by atoms with van der Waals surface area (Å²) < 4.78 is 5.94. The van der Waals surface area contributed by atoms with Gasteiger partial charge in [0.1, 0.15) is 5.75 Å². The molecule has 0 aromatic heterocycles. The zero-order valence-electron chi connectivity index (χ0n) is 13.3. The molecule has 0 aliphatic heterocycles. The molecule has 0 aliphatic rings. The van der Waals surface area contributed by atoms with Crippen LogP contribution in [0.3, 0.4) is 0 Å². The van der Waals surface area contributed by atoms with Gasteiger partial charge in [-0.05, 0) is 50.8 Å². The van der Waals surface area contributed by atoms with Crippen LogP contribution in [0.2, 0.25) is 0 Å². The average molecular weight is 263 g/mol. The van der Waals surface area contributed by atoms with Gasteiger partial charge < -0.3 is 10.1 Å². The van der Waals surface area contributed by atoms with Crippen molar-refractivity contribution in [1.29, 1.82) is 0 Å². The molecule has 1 N–H and O–H groups in total. The van der Waals surface area contributed by atoms with Gasteiger partial charge in [0.05, 0.1) is 6.61 Å². The van der Waals surface area contributed by atoms with E-state index in [1.165, 1.54) is 5.56 Å². The first-order valence-corrected chi connectivity index (χ1v) is 7.17. The monoisotopic (exact) mass is 263 g/mol. The fraction of sp³-hybridized carbons (Fsp3) is 0.647. The highest BCUT2D eigenvalue weighted by molar-refractivity contribution is 5.38. The minimum atomic E-state index is 0.125. The lowest BCUT2D eigenvalue weighted by Crippen LogP contribution is -2.36. The van der Waals surface area contributed by atoms with E-state index in [4.69, 9.17) is 4.74 Å². The van der Waals surface area contributed by atoms with E-state index in [0.717, 1.165) is 25.3 Å². The lowest BCUT2D eigenvalue weighted by molar-refractivity contribution is 0.291. The predicted octanol–water partition coefficient (Wildman–Crippen LogP) is 4.14. The van der Waals surface area contributed by atoms with E-state index in [1.54, 1.807) is 0 Å². The van der Waals surface area contributed by atoms with Crippen LogP contribution in [0.4, 0.5) is 0 Å². The highest BCUT2D eigenvalue weighted by atomic mass is 16.5. The van der Waals surface area contributed by atoms with Crippen LogP contribution < -0.4 is 10.1 Å². The van der Waals surface area contributed by atoms with E-state index in [9.17, 15) is 0 Å². The van der Waals surface area contributed by atoms with Crippen LogP contribution in [0.15, 0.2) is 24.3 Å². The molecule has 19 heavy (non-hydrogen) atoms. The molecule has 1 aromatic carbocycles. The van der Waals surface area contributed by atoms with Crippen molar-refractivity contribution in [3.63, 3.8) is 0 Å². The first-order chi connectivity index (χ1) is 8.70. The van der Waals surface area contributed by atoms with Crippen LogP contribution in [0.25, 0.3) is 0 Å². The fourth-order valence-electron chi connectivity index (χ4n) is 1.93. The minimum absolute atomic E-state index is 0.125. The first kappa shape index (κ1) is 16.0. The van der Waals surface area contributed by atoms with Crippen LogP contribution in [0.1, 0.15) is 53.5 Å². The van der Waals surface area contributed by atoms with Crippen LogP contribution >= 0.6 is 0 Å². The molecule has 0 fully saturated rings. The standard InChI is InChI=1S/C17H29NO/c1-16(2,3)14-10-7-8-11-15(14)19-13-9-12-18-17(4,5)6/h7-8,10-11,18H,9,12-13H2,1-6H3. The summed E-state index contributed by atoms with van der Waals surface area (Å²) >= 11 is 0. The highest BCUT2D eigenvalue weighted by Gasteiger charge is 2.18. The number of ether oxygens (including phenoxy) is 1. The summed E-state index contributed by atoms with van der Waals surface area (Å²) in [5.41, 5.74) is 1.59. The zero-order valence-corrected chi connectivity index (χ0v) is 13.3. The van der Waals surface area contributed by atoms with Gasteiger partial charge in [0, 0.05) is 5.54 Å². The molecule has 0 heterocycles. The van der Waals surface area contributed by atoms with Gasteiger partial charge in [0.25, 0.3) is 0 Å². The molecule has 1 rings (SSSR count). The predicted molar refractivity (Wildman–Crippen MR) is 83.0 cm³/mol. The number of hydrogen-bond donors (Lipinski definition) is 1. The van der Waals surface area contributed by atoms with E-state index >= 15 is 0 Å². The molecule has 0 atom stereocenters. The summed E-state index contributed by atoms with van der Waals surface area (Å²) in [7, 11) is 0. The lowest BCUT2D eigenvalue weighted by Gasteiger charge is -2.23. The number of hydrogen-bond acceptors (Lipinski definition) is 2. The van der Waals surface area contributed by atoms with Crippen LogP contribution in [0, 0.1) is 0 Å². The van der Waals surface area contributed by atoms with Gasteiger partial charge in [0.15, 0.2) is 0 Å². The van der Waals surface area contributed by atoms with E-state index in [0.29, 0.717) is 0 Å². The Balaban J connectivity index is 2.46. The molecule has 2 nitrogen and oxygen atoms in total. The van der Waals surface area contributed by atoms with Crippen molar-refractivity contribution >= 4 is 0 Å². The van der Waals surface area contributed by atoms with Crippen LogP contribution in [-0.4, -0.2) is 18.7 Å². The van der Waals surface area contributed by atoms with Gasteiger partial charge in [-0.15, -0.1) is 0 Å². The Bertz CT molecular complexity index is 385. The molecule has 0 radical (unpaired) electrons. The maximum atomic E-state index is 5.94. The Morgan fingerprint density at radius 2 is 1.63 bits per heavy atom. The Labute approximate surface area is 118 Å². The zero-order chi connectivity index (χ0) is 14.5. The molecular formula is C17H29NO. The largest absolute Gasteiger partial charge is 0.493 e. The average Bonchev–Trinajstić information content (AvgIpc) is 2.26. The van der Waals surface area contributed by atoms with E-state index in [-0.39, 0.29) is 11.0 Å². The third-order valence-electron chi connectivity index (χ3n) is 2.93. The van der Waals surface area contributed by atoms with Crippen molar-refractivity contribution in [2.24, 2.45) is 0 Å². The molecular weight excluding hydrogens is 234 g/mol. The highest BCUT2D eigenvalue weighted by Crippen LogP contribution is 2.30. The second kappa shape index (κ2) is 6.42. The minimum Gasteiger partial charge on any atom is -0.493 e. The molecule has 0 amide bonds. The topological polar surface area (TPSA) is 21.3 Å². The molecule has 0 saturated carbocycles. The number of rotatable bonds is 5. The summed E-state index contributed by atoms with van der Waals surface area (Å²) in [6.45, 7) is 15.0. The molecule has 0 aliphatic carbocycles. The van der Waals surface area contributed by atoms with E-state index in [1.807, 2.05) is 6.07 Å². The maximum absolute atomic E-state index is 5.94. The van der Waals surface area contributed by atoms with Crippen LogP contribution in [-0.2, 0) is 5.41 Å². The number of para-hydroxylation sites is 1. The molecule has 0 spiro atoms. The van der Waals surface area contributed by atoms with E-state index < -0.39 is 0 Å². The second-order valence-electron chi connectivity index (χ2n) is 7.12. The van der Waals surface area contributed by atoms with Gasteiger partial charge in [0.2, 0.25) is 0 Å². The summed E-state index contributed by atoms with van der Waals surface area (Å²) in [6.07, 6.45) is 1.02. The molecule has 0 unspecified atom stereocenters. The van der Waals surface area contributed by atoms with Crippen molar-refractivity contribution in [1.82, 2.24) is 5.32 Å². The van der Waals surface area contributed by atoms with Crippen molar-refractivity contribution in [3.8, 4) is 5.75 Å². The fourth-order valence-corrected chi connectivity index (χ4v) is 1.93. The Kier molecular flexibility index (Phi) is 5.42. The third kappa shape index (κ3) is 6.11. The quantitative estimate of drug-likeness (QED) is 0.806. The number of nitrogens with one attached hydrogen (secondary N) is 1. The summed E-state index contributed by atoms with van der Waals surface area (Å²) in [5, 5.41) is 3.47. The lowest BCUT2D eigenvalue weighted by atomic mass is 9.86. The molecule has 2 heteroatoms. The van der Waals surface area contributed by atoms with Crippen molar-refractivity contribution in [3.05, 3.63) is 29.8 Å². The van der Waals surface area contributed by atoms with Crippen molar-refractivity contribution < 1.29 is 4.74 Å². The van der Waals surface area contributed by atoms with Gasteiger partial charge in [-0.3, -0.25) is 0 Å². The first-order valence-electron chi connectivity index (χ1n) is 7.17. The Morgan fingerprint density at radius 3 is 2.21 bits per heavy atom. The van der Waals surface area contributed by atoms with Gasteiger partial charge in [-0.25, -0.2) is 0 Å².